The molecular weight excluding hydrogens is 330 g/mol. The number of thioether (sulfide) groups is 2. The third kappa shape index (κ3) is 3.72. The number of carbonyl (C=O) groups excluding carboxylic acids is 1. The van der Waals surface area contributed by atoms with Crippen LogP contribution in [-0.4, -0.2) is 34.1 Å². The van der Waals surface area contributed by atoms with Gasteiger partial charge in [0.05, 0.1) is 11.4 Å². The lowest BCUT2D eigenvalue weighted by atomic mass is 10.2. The van der Waals surface area contributed by atoms with E-state index in [1.54, 1.807) is 23.5 Å². The van der Waals surface area contributed by atoms with Crippen molar-refractivity contribution in [2.24, 2.45) is 0 Å². The summed E-state index contributed by atoms with van der Waals surface area (Å²) in [5, 5.41) is 3.91. The van der Waals surface area contributed by atoms with Crippen LogP contribution in [0.4, 0.5) is 5.69 Å². The van der Waals surface area contributed by atoms with Gasteiger partial charge in [-0.15, -0.1) is 11.8 Å². The highest BCUT2D eigenvalue weighted by molar-refractivity contribution is 7.99. The number of amides is 1. The number of aryl methyl sites for hydroxylation is 1. The van der Waals surface area contributed by atoms with E-state index in [0.29, 0.717) is 24.6 Å². The molecule has 0 N–H and O–H groups in total. The van der Waals surface area contributed by atoms with Gasteiger partial charge >= 0.3 is 0 Å². The lowest BCUT2D eigenvalue weighted by Crippen LogP contribution is -2.42. The summed E-state index contributed by atoms with van der Waals surface area (Å²) in [6.45, 7) is 2.09. The average Bonchev–Trinajstić information content (AvgIpc) is 3.00. The van der Waals surface area contributed by atoms with Crippen LogP contribution >= 0.6 is 23.5 Å². The van der Waals surface area contributed by atoms with Crippen molar-refractivity contribution in [3.05, 3.63) is 36.0 Å². The predicted molar refractivity (Wildman–Crippen MR) is 94.0 cm³/mol. The van der Waals surface area contributed by atoms with E-state index in [1.165, 1.54) is 4.90 Å². The van der Waals surface area contributed by atoms with Gasteiger partial charge in [-0.1, -0.05) is 17.3 Å². The van der Waals surface area contributed by atoms with Gasteiger partial charge in [-0.3, -0.25) is 4.79 Å². The summed E-state index contributed by atoms with van der Waals surface area (Å²) in [7, 11) is 0. The molecule has 1 aromatic carbocycles. The molecule has 0 radical (unpaired) electrons. The Morgan fingerprint density at radius 1 is 1.48 bits per heavy atom. The van der Waals surface area contributed by atoms with Gasteiger partial charge in [0.2, 0.25) is 11.8 Å². The first kappa shape index (κ1) is 16.4. The molecule has 23 heavy (non-hydrogen) atoms. The molecule has 1 aliphatic heterocycles. The van der Waals surface area contributed by atoms with Crippen LogP contribution in [0.2, 0.25) is 0 Å². The van der Waals surface area contributed by atoms with Crippen LogP contribution < -0.4 is 4.90 Å². The Labute approximate surface area is 144 Å². The zero-order chi connectivity index (χ0) is 16.2. The fraction of sp³-hybridized carbons (Fsp3) is 0.438. The number of hydrogen-bond donors (Lipinski definition) is 0. The van der Waals surface area contributed by atoms with Crippen molar-refractivity contribution in [2.45, 2.75) is 36.5 Å². The molecule has 0 saturated heterocycles. The third-order valence-electron chi connectivity index (χ3n) is 3.65. The summed E-state index contributed by atoms with van der Waals surface area (Å²) in [4.78, 5) is 20.1. The van der Waals surface area contributed by atoms with E-state index in [4.69, 9.17) is 4.52 Å². The molecule has 2 aromatic rings. The maximum Gasteiger partial charge on any atom is 0.227 e. The number of nitrogens with zero attached hydrogens (tertiary/aromatic N) is 3. The van der Waals surface area contributed by atoms with E-state index in [0.717, 1.165) is 17.2 Å². The second kappa shape index (κ2) is 7.40. The number of para-hydroxylation sites is 1. The van der Waals surface area contributed by atoms with Crippen LogP contribution in [0.5, 0.6) is 0 Å². The second-order valence-corrected chi connectivity index (χ2v) is 7.36. The average molecular weight is 349 g/mol. The Kier molecular flexibility index (Phi) is 5.27. The van der Waals surface area contributed by atoms with Crippen LogP contribution in [-0.2, 0) is 17.0 Å². The molecule has 1 unspecified atom stereocenters. The van der Waals surface area contributed by atoms with Gasteiger partial charge in [0, 0.05) is 29.5 Å². The molecule has 0 aliphatic carbocycles. The summed E-state index contributed by atoms with van der Waals surface area (Å²) < 4.78 is 5.20. The number of carbonyl (C=O) groups is 1. The molecule has 1 aromatic heterocycles. The monoisotopic (exact) mass is 349 g/mol. The van der Waals surface area contributed by atoms with Crippen molar-refractivity contribution in [2.75, 3.05) is 16.9 Å². The first-order valence-electron chi connectivity index (χ1n) is 7.53. The smallest absolute Gasteiger partial charge is 0.227 e. The quantitative estimate of drug-likeness (QED) is 0.825. The Hall–Kier alpha value is -1.47. The number of rotatable bonds is 5. The molecular formula is C16H19N3O2S2. The van der Waals surface area contributed by atoms with Crippen LogP contribution in [0.25, 0.3) is 0 Å². The second-order valence-electron chi connectivity index (χ2n) is 5.43. The van der Waals surface area contributed by atoms with E-state index < -0.39 is 0 Å². The highest BCUT2D eigenvalue weighted by atomic mass is 32.2. The number of hydrogen-bond acceptors (Lipinski definition) is 6. The van der Waals surface area contributed by atoms with Gasteiger partial charge in [0.1, 0.15) is 0 Å². The molecule has 7 heteroatoms. The van der Waals surface area contributed by atoms with Crippen molar-refractivity contribution in [3.63, 3.8) is 0 Å². The highest BCUT2D eigenvalue weighted by Gasteiger charge is 2.28. The van der Waals surface area contributed by atoms with Crippen molar-refractivity contribution in [3.8, 4) is 0 Å². The third-order valence-corrected chi connectivity index (χ3v) is 5.50. The van der Waals surface area contributed by atoms with Gasteiger partial charge < -0.3 is 9.42 Å². The molecule has 0 saturated carbocycles. The Morgan fingerprint density at radius 2 is 2.30 bits per heavy atom. The normalized spacial score (nSPS) is 17.1. The molecule has 3 rings (SSSR count). The van der Waals surface area contributed by atoms with Crippen LogP contribution in [0, 0.1) is 0 Å². The molecule has 0 spiro atoms. The number of aromatic nitrogens is 2. The van der Waals surface area contributed by atoms with E-state index in [1.807, 2.05) is 29.4 Å². The van der Waals surface area contributed by atoms with Crippen molar-refractivity contribution in [1.82, 2.24) is 10.1 Å². The standard InChI is InChI=1S/C16H19N3O2S2/c1-11-9-23-13-6-4-3-5-12(13)19(11)16(20)8-7-15-17-14(10-22-2)18-21-15/h3-6,11H,7-10H2,1-2H3. The van der Waals surface area contributed by atoms with E-state index >= 15 is 0 Å². The number of anilines is 1. The van der Waals surface area contributed by atoms with Gasteiger partial charge in [-0.25, -0.2) is 0 Å². The summed E-state index contributed by atoms with van der Waals surface area (Å²) in [6.07, 6.45) is 2.86. The van der Waals surface area contributed by atoms with E-state index in [9.17, 15) is 4.79 Å². The van der Waals surface area contributed by atoms with E-state index in [2.05, 4.69) is 23.1 Å². The maximum atomic E-state index is 12.7. The maximum absolute atomic E-state index is 12.7. The lowest BCUT2D eigenvalue weighted by molar-refractivity contribution is -0.119. The van der Waals surface area contributed by atoms with Gasteiger partial charge in [0.15, 0.2) is 5.82 Å². The zero-order valence-corrected chi connectivity index (χ0v) is 14.8. The minimum absolute atomic E-state index is 0.106. The molecule has 1 amide bonds. The van der Waals surface area contributed by atoms with Crippen molar-refractivity contribution < 1.29 is 9.32 Å². The summed E-state index contributed by atoms with van der Waals surface area (Å²) in [5.74, 6) is 2.98. The van der Waals surface area contributed by atoms with E-state index in [-0.39, 0.29) is 11.9 Å². The SMILES string of the molecule is CSCc1noc(CCC(=O)N2c3ccccc3SCC2C)n1. The molecule has 0 bridgehead atoms. The molecule has 1 atom stereocenters. The topological polar surface area (TPSA) is 59.2 Å². The molecule has 122 valence electrons. The summed E-state index contributed by atoms with van der Waals surface area (Å²) in [6, 6.07) is 8.26. The Bertz CT molecular complexity index is 689. The van der Waals surface area contributed by atoms with Crippen molar-refractivity contribution >= 4 is 35.1 Å². The van der Waals surface area contributed by atoms with Crippen LogP contribution in [0.3, 0.4) is 0 Å². The zero-order valence-electron chi connectivity index (χ0n) is 13.2. The minimum Gasteiger partial charge on any atom is -0.339 e. The minimum atomic E-state index is 0.106. The number of benzene rings is 1. The first-order chi connectivity index (χ1) is 11.2. The molecule has 5 nitrogen and oxygen atoms in total. The molecule has 2 heterocycles. The largest absolute Gasteiger partial charge is 0.339 e. The fourth-order valence-corrected chi connectivity index (χ4v) is 4.03. The number of fused-ring (bicyclic) bond motifs is 1. The van der Waals surface area contributed by atoms with Gasteiger partial charge in [-0.05, 0) is 25.3 Å². The van der Waals surface area contributed by atoms with Crippen LogP contribution in [0.15, 0.2) is 33.7 Å². The van der Waals surface area contributed by atoms with Crippen molar-refractivity contribution in [1.29, 1.82) is 0 Å². The first-order valence-corrected chi connectivity index (χ1v) is 9.91. The predicted octanol–water partition coefficient (Wildman–Crippen LogP) is 3.39. The lowest BCUT2D eigenvalue weighted by Gasteiger charge is -2.34. The fourth-order valence-electron chi connectivity index (χ4n) is 2.59. The van der Waals surface area contributed by atoms with Gasteiger partial charge in [0.25, 0.3) is 0 Å². The van der Waals surface area contributed by atoms with Crippen LogP contribution in [0.1, 0.15) is 25.1 Å². The Morgan fingerprint density at radius 3 is 3.13 bits per heavy atom. The summed E-state index contributed by atoms with van der Waals surface area (Å²) in [5.41, 5.74) is 1.01. The molecule has 0 fully saturated rings. The highest BCUT2D eigenvalue weighted by Crippen LogP contribution is 2.37. The summed E-state index contributed by atoms with van der Waals surface area (Å²) >= 11 is 3.45. The Balaban J connectivity index is 1.68. The van der Waals surface area contributed by atoms with Gasteiger partial charge in [-0.2, -0.15) is 16.7 Å². The molecule has 1 aliphatic rings.